The number of hydrogen-bond donors (Lipinski definition) is 2. The third-order valence-corrected chi connectivity index (χ3v) is 16.2. The summed E-state index contributed by atoms with van der Waals surface area (Å²) in [6.45, 7) is 17.1. The number of nitrogens with zero attached hydrogens (tertiary/aromatic N) is 2. The molecule has 0 atom stereocenters. The third kappa shape index (κ3) is 10.7. The Balaban J connectivity index is 0.000000176. The number of fused-ring (bicyclic) bond motifs is 2. The predicted octanol–water partition coefficient (Wildman–Crippen LogP) is 13.6. The third-order valence-electron chi connectivity index (χ3n) is 13.8. The van der Waals surface area contributed by atoms with Gasteiger partial charge in [0.2, 0.25) is 11.6 Å². The fourth-order valence-electron chi connectivity index (χ4n) is 10.4. The largest absolute Gasteiger partial charge is 0.508 e. The molecule has 71 heavy (non-hydrogen) atoms. The fraction of sp³-hybridized carbons (Fsp3) is 0.300. The summed E-state index contributed by atoms with van der Waals surface area (Å²) in [4.78, 5) is 33.6. The number of carbonyl (C=O) groups excluding carboxylic acids is 2. The highest BCUT2D eigenvalue weighted by molar-refractivity contribution is 7.22. The highest BCUT2D eigenvalue weighted by atomic mass is 32.1. The molecule has 0 saturated carbocycles. The van der Waals surface area contributed by atoms with Gasteiger partial charge in [-0.2, -0.15) is 0 Å². The van der Waals surface area contributed by atoms with Crippen LogP contribution in [0.5, 0.6) is 17.2 Å². The van der Waals surface area contributed by atoms with Crippen molar-refractivity contribution < 1.29 is 33.3 Å². The van der Waals surface area contributed by atoms with E-state index < -0.39 is 0 Å². The number of benzene rings is 6. The maximum absolute atomic E-state index is 13.9. The molecule has 8 aromatic rings. The molecule has 11 heteroatoms. The van der Waals surface area contributed by atoms with E-state index in [1.807, 2.05) is 90.1 Å². The van der Waals surface area contributed by atoms with Crippen molar-refractivity contribution in [3.63, 3.8) is 0 Å². The van der Waals surface area contributed by atoms with Gasteiger partial charge in [-0.3, -0.25) is 23.3 Å². The zero-order valence-corrected chi connectivity index (χ0v) is 42.8. The maximum atomic E-state index is 13.9. The van der Waals surface area contributed by atoms with Crippen LogP contribution < -0.4 is 4.74 Å². The Morgan fingerprint density at radius 2 is 0.972 bits per heavy atom. The SMILES string of the molecule is Cc1cc(C)c(C(=O)c2sc3cc(O)ccc3c2-c2ccc(CCN3CC(CF)C3)cc2)c(C)c1.Cc1cc(C)c(C(=O)c2sc3cc(O)ccc3c2-c2ccc(OCCN3CC(CF)C3)cc2)c(C)c1. The Morgan fingerprint density at radius 3 is 1.39 bits per heavy atom. The van der Waals surface area contributed by atoms with Gasteiger partial charge >= 0.3 is 0 Å². The van der Waals surface area contributed by atoms with E-state index in [2.05, 4.69) is 46.2 Å². The molecule has 6 aromatic carbocycles. The number of hydrogen-bond acceptors (Lipinski definition) is 9. The molecule has 0 radical (unpaired) electrons. The maximum Gasteiger partial charge on any atom is 0.204 e. The summed E-state index contributed by atoms with van der Waals surface area (Å²) in [5.74, 6) is 1.55. The van der Waals surface area contributed by atoms with Crippen LogP contribution in [0.25, 0.3) is 42.4 Å². The molecule has 2 fully saturated rings. The number of aromatic hydroxyl groups is 2. The molecule has 2 saturated heterocycles. The van der Waals surface area contributed by atoms with Crippen molar-refractivity contribution in [1.82, 2.24) is 9.80 Å². The molecule has 10 rings (SSSR count). The molecule has 7 nitrogen and oxygen atoms in total. The Morgan fingerprint density at radius 1 is 0.563 bits per heavy atom. The van der Waals surface area contributed by atoms with E-state index in [9.17, 15) is 28.6 Å². The lowest BCUT2D eigenvalue weighted by molar-refractivity contribution is 0.0668. The predicted molar refractivity (Wildman–Crippen MR) is 287 cm³/mol. The number of phenolic OH excluding ortho intramolecular Hbond substituents is 2. The number of rotatable bonds is 15. The molecule has 366 valence electrons. The summed E-state index contributed by atoms with van der Waals surface area (Å²) in [6, 6.07) is 35.1. The number of carbonyl (C=O) groups is 2. The molecular formula is C60H60F2N2O5S2. The highest BCUT2D eigenvalue weighted by Crippen LogP contribution is 2.44. The molecule has 0 spiro atoms. The number of ether oxygens (including phenoxy) is 1. The standard InChI is InChI=1S/C30H30FNO3S.C30H30FNO2S/c1-18-12-19(2)27(20(3)13-18)29(34)30-28(25-9-6-23(33)14-26(25)36-30)22-4-7-24(8-5-22)35-11-10-32-16-21(15-31)17-32;1-18-12-19(2)27(20(3)13-18)29(34)30-28(25-9-8-24(33)14-26(25)35-30)23-6-4-21(5-7-23)10-11-32-16-22(15-31)17-32/h4-9,12-14,21,33H,10-11,15-17H2,1-3H3;4-9,12-14,22,33H,10-11,15-17H2,1-3H3. The van der Waals surface area contributed by atoms with Gasteiger partial charge in [-0.05, 0) is 135 Å². The number of phenols is 2. The first-order valence-corrected chi connectivity index (χ1v) is 26.0. The van der Waals surface area contributed by atoms with Crippen LogP contribution in [-0.2, 0) is 6.42 Å². The number of halogens is 2. The van der Waals surface area contributed by atoms with Crippen LogP contribution in [0.4, 0.5) is 8.78 Å². The summed E-state index contributed by atoms with van der Waals surface area (Å²) in [5.41, 5.74) is 12.6. The first-order chi connectivity index (χ1) is 34.2. The Labute approximate surface area is 423 Å². The van der Waals surface area contributed by atoms with E-state index in [1.165, 1.54) is 28.2 Å². The van der Waals surface area contributed by atoms with E-state index in [4.69, 9.17) is 4.74 Å². The zero-order valence-electron chi connectivity index (χ0n) is 41.2. The molecule has 2 aliphatic heterocycles. The van der Waals surface area contributed by atoms with Crippen molar-refractivity contribution in [3.8, 4) is 39.5 Å². The van der Waals surface area contributed by atoms with E-state index in [-0.39, 0.29) is 48.3 Å². The quantitative estimate of drug-likeness (QED) is 0.0989. The van der Waals surface area contributed by atoms with Crippen LogP contribution in [-0.4, -0.2) is 90.8 Å². The van der Waals surface area contributed by atoms with Gasteiger partial charge in [0.05, 0.1) is 23.1 Å². The molecular weight excluding hydrogens is 931 g/mol. The topological polar surface area (TPSA) is 90.3 Å². The van der Waals surface area contributed by atoms with Crippen LogP contribution in [0.2, 0.25) is 0 Å². The second-order valence-corrected chi connectivity index (χ2v) is 21.7. The minimum atomic E-state index is -0.247. The normalized spacial score (nSPS) is 14.3. The zero-order chi connectivity index (χ0) is 50.1. The van der Waals surface area contributed by atoms with Gasteiger partial charge in [0.25, 0.3) is 0 Å². The van der Waals surface area contributed by atoms with E-state index in [0.717, 1.165) is 138 Å². The van der Waals surface area contributed by atoms with Crippen LogP contribution in [0, 0.1) is 53.4 Å². The summed E-state index contributed by atoms with van der Waals surface area (Å²) >= 11 is 2.86. The molecule has 2 aromatic heterocycles. The molecule has 4 heterocycles. The van der Waals surface area contributed by atoms with Crippen LogP contribution in [0.1, 0.15) is 69.4 Å². The van der Waals surface area contributed by atoms with Crippen molar-refractivity contribution in [2.45, 2.75) is 48.0 Å². The second-order valence-electron chi connectivity index (χ2n) is 19.6. The Kier molecular flexibility index (Phi) is 14.9. The van der Waals surface area contributed by atoms with E-state index in [0.29, 0.717) is 16.4 Å². The average molecular weight is 991 g/mol. The van der Waals surface area contributed by atoms with Gasteiger partial charge in [-0.1, -0.05) is 71.8 Å². The van der Waals surface area contributed by atoms with Crippen molar-refractivity contribution in [2.75, 3.05) is 59.2 Å². The number of alkyl halides is 2. The van der Waals surface area contributed by atoms with E-state index >= 15 is 0 Å². The highest BCUT2D eigenvalue weighted by Gasteiger charge is 2.28. The summed E-state index contributed by atoms with van der Waals surface area (Å²) < 4.78 is 33.0. The lowest BCUT2D eigenvalue weighted by Crippen LogP contribution is -2.49. The molecule has 0 unspecified atom stereocenters. The second kappa shape index (κ2) is 21.2. The molecule has 0 amide bonds. The number of ketones is 2. The minimum absolute atomic E-state index is 0.00199. The van der Waals surface area contributed by atoms with Crippen LogP contribution in [0.15, 0.2) is 109 Å². The number of likely N-dealkylation sites (tertiary alicyclic amines) is 2. The van der Waals surface area contributed by atoms with E-state index in [1.54, 1.807) is 24.3 Å². The van der Waals surface area contributed by atoms with Crippen molar-refractivity contribution in [2.24, 2.45) is 11.8 Å². The lowest BCUT2D eigenvalue weighted by Gasteiger charge is -2.37. The van der Waals surface area contributed by atoms with Gasteiger partial charge in [0.1, 0.15) is 23.9 Å². The number of thiophene rings is 2. The minimum Gasteiger partial charge on any atom is -0.508 e. The molecule has 2 N–H and O–H groups in total. The number of aryl methyl sites for hydroxylation is 6. The summed E-state index contributed by atoms with van der Waals surface area (Å²) in [5, 5.41) is 22.1. The van der Waals surface area contributed by atoms with Gasteiger partial charge in [0, 0.05) is 93.5 Å². The van der Waals surface area contributed by atoms with Crippen LogP contribution in [0.3, 0.4) is 0 Å². The van der Waals surface area contributed by atoms with Gasteiger partial charge in [0.15, 0.2) is 0 Å². The van der Waals surface area contributed by atoms with Crippen LogP contribution >= 0.6 is 22.7 Å². The lowest BCUT2D eigenvalue weighted by atomic mass is 9.92. The first-order valence-electron chi connectivity index (χ1n) is 24.3. The van der Waals surface area contributed by atoms with Gasteiger partial charge in [-0.15, -0.1) is 22.7 Å². The Bertz CT molecular complexity index is 3210. The van der Waals surface area contributed by atoms with Gasteiger partial charge in [-0.25, -0.2) is 0 Å². The first kappa shape index (κ1) is 49.7. The monoisotopic (exact) mass is 990 g/mol. The smallest absolute Gasteiger partial charge is 0.204 e. The molecule has 0 bridgehead atoms. The molecule has 2 aliphatic rings. The summed E-state index contributed by atoms with van der Waals surface area (Å²) in [6.07, 6.45) is 0.922. The molecule has 0 aliphatic carbocycles. The summed E-state index contributed by atoms with van der Waals surface area (Å²) in [7, 11) is 0. The van der Waals surface area contributed by atoms with Crippen molar-refractivity contribution in [3.05, 3.63) is 169 Å². The van der Waals surface area contributed by atoms with Crippen molar-refractivity contribution >= 4 is 54.4 Å². The Hall–Kier alpha value is -6.24. The van der Waals surface area contributed by atoms with Gasteiger partial charge < -0.3 is 19.8 Å². The fourth-order valence-corrected chi connectivity index (χ4v) is 12.8. The van der Waals surface area contributed by atoms with Crippen molar-refractivity contribution in [1.29, 1.82) is 0 Å². The average Bonchev–Trinajstić information content (AvgIpc) is 3.87.